The van der Waals surface area contributed by atoms with Gasteiger partial charge in [0.05, 0.1) is 25.2 Å². The predicted molar refractivity (Wildman–Crippen MR) is 79.0 cm³/mol. The van der Waals surface area contributed by atoms with E-state index in [0.717, 1.165) is 0 Å². The van der Waals surface area contributed by atoms with Gasteiger partial charge in [-0.3, -0.25) is 10.1 Å². The van der Waals surface area contributed by atoms with E-state index in [9.17, 15) is 10.1 Å². The molecule has 3 N–H and O–H groups in total. The van der Waals surface area contributed by atoms with Crippen molar-refractivity contribution in [1.29, 1.82) is 0 Å². The summed E-state index contributed by atoms with van der Waals surface area (Å²) in [6.07, 6.45) is 1.55. The molecule has 1 heterocycles. The molecule has 8 heteroatoms. The fourth-order valence-electron chi connectivity index (χ4n) is 2.14. The molecule has 0 aliphatic carbocycles. The van der Waals surface area contributed by atoms with Gasteiger partial charge in [-0.05, 0) is 6.07 Å². The van der Waals surface area contributed by atoms with Gasteiger partial charge in [-0.1, -0.05) is 0 Å². The van der Waals surface area contributed by atoms with Crippen LogP contribution < -0.4 is 20.5 Å². The average Bonchev–Trinajstić information content (AvgIpc) is 2.50. The van der Waals surface area contributed by atoms with E-state index in [1.807, 2.05) is 0 Å². The molecule has 0 aliphatic heterocycles. The summed E-state index contributed by atoms with van der Waals surface area (Å²) in [6, 6.07) is 2.98. The summed E-state index contributed by atoms with van der Waals surface area (Å²) < 4.78 is 10.5. The van der Waals surface area contributed by atoms with Crippen LogP contribution in [0.2, 0.25) is 0 Å². The Morgan fingerprint density at radius 1 is 1.43 bits per heavy atom. The normalized spacial score (nSPS) is 10.4. The number of rotatable bonds is 6. The molecule has 0 unspecified atom stereocenters. The molecule has 0 aliphatic rings. The average molecular weight is 292 g/mol. The van der Waals surface area contributed by atoms with Crippen LogP contribution in [0, 0.1) is 10.1 Å². The summed E-state index contributed by atoms with van der Waals surface area (Å²) in [6.45, 7) is 0.844. The van der Waals surface area contributed by atoms with Gasteiger partial charge in [0.2, 0.25) is 0 Å². The maximum absolute atomic E-state index is 11.3. The number of hydrogen-bond donors (Lipinski definition) is 2. The number of benzene rings is 1. The van der Waals surface area contributed by atoms with Crippen LogP contribution >= 0.6 is 0 Å². The first-order chi connectivity index (χ1) is 10.1. The van der Waals surface area contributed by atoms with Gasteiger partial charge >= 0.3 is 0 Å². The molecular weight excluding hydrogens is 276 g/mol. The number of anilines is 1. The second kappa shape index (κ2) is 6.23. The molecule has 0 fully saturated rings. The molecule has 0 radical (unpaired) electrons. The van der Waals surface area contributed by atoms with E-state index in [1.165, 1.54) is 20.3 Å². The highest BCUT2D eigenvalue weighted by atomic mass is 16.6. The quantitative estimate of drug-likeness (QED) is 0.613. The molecule has 0 amide bonds. The first-order valence-corrected chi connectivity index (χ1v) is 6.26. The van der Waals surface area contributed by atoms with Crippen LogP contribution in [0.25, 0.3) is 10.8 Å². The van der Waals surface area contributed by atoms with E-state index in [1.54, 1.807) is 12.3 Å². The van der Waals surface area contributed by atoms with E-state index >= 15 is 0 Å². The number of aromatic nitrogens is 1. The minimum Gasteiger partial charge on any atom is -0.493 e. The molecular formula is C13H16N4O4. The lowest BCUT2D eigenvalue weighted by Gasteiger charge is -2.13. The summed E-state index contributed by atoms with van der Waals surface area (Å²) in [5, 5.41) is 15.2. The van der Waals surface area contributed by atoms with Crippen LogP contribution in [-0.2, 0) is 0 Å². The molecule has 2 aromatic rings. The number of nitro benzene ring substituents is 1. The molecule has 1 aromatic carbocycles. The summed E-state index contributed by atoms with van der Waals surface area (Å²) >= 11 is 0. The first kappa shape index (κ1) is 14.8. The lowest BCUT2D eigenvalue weighted by atomic mass is 10.1. The van der Waals surface area contributed by atoms with E-state index in [-0.39, 0.29) is 5.69 Å². The van der Waals surface area contributed by atoms with Crippen LogP contribution in [0.3, 0.4) is 0 Å². The molecule has 0 spiro atoms. The van der Waals surface area contributed by atoms with Crippen molar-refractivity contribution in [2.45, 2.75) is 0 Å². The van der Waals surface area contributed by atoms with Crippen LogP contribution in [0.1, 0.15) is 0 Å². The van der Waals surface area contributed by atoms with Gasteiger partial charge in [0.15, 0.2) is 11.5 Å². The van der Waals surface area contributed by atoms with Gasteiger partial charge in [0.1, 0.15) is 11.2 Å². The Kier molecular flexibility index (Phi) is 4.39. The maximum atomic E-state index is 11.3. The second-order valence-corrected chi connectivity index (χ2v) is 4.19. The number of nitrogens with one attached hydrogen (secondary N) is 1. The number of hydrogen-bond acceptors (Lipinski definition) is 7. The van der Waals surface area contributed by atoms with Gasteiger partial charge in [-0.25, -0.2) is 4.98 Å². The Hall–Kier alpha value is -2.61. The van der Waals surface area contributed by atoms with Crippen molar-refractivity contribution in [3.8, 4) is 11.5 Å². The largest absolute Gasteiger partial charge is 0.493 e. The summed E-state index contributed by atoms with van der Waals surface area (Å²) in [4.78, 5) is 15.0. The van der Waals surface area contributed by atoms with E-state index in [0.29, 0.717) is 41.2 Å². The van der Waals surface area contributed by atoms with E-state index < -0.39 is 4.92 Å². The third-order valence-electron chi connectivity index (χ3n) is 3.00. The predicted octanol–water partition coefficient (Wildman–Crippen LogP) is 1.53. The van der Waals surface area contributed by atoms with Crippen molar-refractivity contribution in [2.24, 2.45) is 5.73 Å². The van der Waals surface area contributed by atoms with Crippen LogP contribution in [0.15, 0.2) is 18.3 Å². The highest BCUT2D eigenvalue weighted by Gasteiger charge is 2.23. The highest BCUT2D eigenvalue weighted by molar-refractivity contribution is 6.04. The monoisotopic (exact) mass is 292 g/mol. The van der Waals surface area contributed by atoms with E-state index in [4.69, 9.17) is 15.2 Å². The summed E-state index contributed by atoms with van der Waals surface area (Å²) in [7, 11) is 2.92. The SMILES string of the molecule is COc1cc([N+](=O)[O-])c2c(NCCN)nccc2c1OC. The fraction of sp³-hybridized carbons (Fsp3) is 0.308. The van der Waals surface area contributed by atoms with Crippen molar-refractivity contribution >= 4 is 22.3 Å². The smallest absolute Gasteiger partial charge is 0.284 e. The van der Waals surface area contributed by atoms with Crippen LogP contribution in [-0.4, -0.2) is 37.2 Å². The third kappa shape index (κ3) is 2.65. The summed E-state index contributed by atoms with van der Waals surface area (Å²) in [5.74, 6) is 1.12. The Morgan fingerprint density at radius 2 is 2.19 bits per heavy atom. The fourth-order valence-corrected chi connectivity index (χ4v) is 2.14. The maximum Gasteiger partial charge on any atom is 0.284 e. The second-order valence-electron chi connectivity index (χ2n) is 4.19. The van der Waals surface area contributed by atoms with Gasteiger partial charge < -0.3 is 20.5 Å². The molecule has 21 heavy (non-hydrogen) atoms. The van der Waals surface area contributed by atoms with Crippen LogP contribution in [0.5, 0.6) is 11.5 Å². The number of non-ortho nitro benzene ring substituents is 1. The molecule has 112 valence electrons. The molecule has 8 nitrogen and oxygen atoms in total. The van der Waals surface area contributed by atoms with Crippen molar-refractivity contribution in [3.05, 3.63) is 28.4 Å². The third-order valence-corrected chi connectivity index (χ3v) is 3.00. The lowest BCUT2D eigenvalue weighted by molar-refractivity contribution is -0.383. The topological polar surface area (TPSA) is 113 Å². The molecule has 0 atom stereocenters. The number of ether oxygens (including phenoxy) is 2. The zero-order valence-electron chi connectivity index (χ0n) is 11.8. The number of nitro groups is 1. The number of methoxy groups -OCH3 is 2. The Labute approximate surface area is 121 Å². The molecule has 2 rings (SSSR count). The number of nitrogens with two attached hydrogens (primary N) is 1. The molecule has 0 bridgehead atoms. The van der Waals surface area contributed by atoms with Crippen molar-refractivity contribution in [3.63, 3.8) is 0 Å². The molecule has 1 aromatic heterocycles. The van der Waals surface area contributed by atoms with Gasteiger partial charge in [-0.15, -0.1) is 0 Å². The standard InChI is InChI=1S/C13H16N4O4/c1-20-10-7-9(17(18)19)11-8(12(10)21-2)3-5-15-13(11)16-6-4-14/h3,5,7H,4,6,14H2,1-2H3,(H,15,16). The van der Waals surface area contributed by atoms with Gasteiger partial charge in [-0.2, -0.15) is 0 Å². The minimum atomic E-state index is -0.473. The zero-order valence-corrected chi connectivity index (χ0v) is 11.8. The van der Waals surface area contributed by atoms with Crippen molar-refractivity contribution in [1.82, 2.24) is 4.98 Å². The Balaban J connectivity index is 2.81. The number of nitrogens with zero attached hydrogens (tertiary/aromatic N) is 2. The van der Waals surface area contributed by atoms with Gasteiger partial charge in [0, 0.05) is 24.7 Å². The number of pyridine rings is 1. The van der Waals surface area contributed by atoms with Gasteiger partial charge in [0.25, 0.3) is 5.69 Å². The number of fused-ring (bicyclic) bond motifs is 1. The Morgan fingerprint density at radius 3 is 2.76 bits per heavy atom. The Bertz CT molecular complexity index is 675. The van der Waals surface area contributed by atoms with Crippen molar-refractivity contribution in [2.75, 3.05) is 32.6 Å². The zero-order chi connectivity index (χ0) is 15.4. The molecule has 0 saturated carbocycles. The van der Waals surface area contributed by atoms with E-state index in [2.05, 4.69) is 10.3 Å². The highest BCUT2D eigenvalue weighted by Crippen LogP contribution is 2.43. The minimum absolute atomic E-state index is 0.102. The lowest BCUT2D eigenvalue weighted by Crippen LogP contribution is -2.14. The van der Waals surface area contributed by atoms with Crippen molar-refractivity contribution < 1.29 is 14.4 Å². The first-order valence-electron chi connectivity index (χ1n) is 6.26. The van der Waals surface area contributed by atoms with Crippen LogP contribution in [0.4, 0.5) is 11.5 Å². The summed E-state index contributed by atoms with van der Waals surface area (Å²) in [5.41, 5.74) is 5.35. The molecule has 0 saturated heterocycles.